The Hall–Kier alpha value is -4.91. The molecule has 0 atom stereocenters. The Morgan fingerprint density at radius 1 is 0.632 bits per heavy atom. The highest BCUT2D eigenvalue weighted by molar-refractivity contribution is 6.31. The summed E-state index contributed by atoms with van der Waals surface area (Å²) in [6, 6.07) is 25.1. The molecule has 5 rings (SSSR count). The van der Waals surface area contributed by atoms with Gasteiger partial charge in [-0.25, -0.2) is 0 Å². The zero-order valence-corrected chi connectivity index (χ0v) is 21.7. The maximum Gasteiger partial charge on any atom is 0.257 e. The van der Waals surface area contributed by atoms with Gasteiger partial charge in [0.15, 0.2) is 11.6 Å². The van der Waals surface area contributed by atoms with Gasteiger partial charge in [0.2, 0.25) is 0 Å². The fourth-order valence-electron chi connectivity index (χ4n) is 4.57. The zero-order chi connectivity index (χ0) is 27.0. The number of benzene rings is 4. The van der Waals surface area contributed by atoms with Crippen molar-refractivity contribution in [3.63, 3.8) is 0 Å². The van der Waals surface area contributed by atoms with E-state index >= 15 is 0 Å². The first kappa shape index (κ1) is 24.8. The topological polar surface area (TPSA) is 81.8 Å². The van der Waals surface area contributed by atoms with Crippen LogP contribution in [0.15, 0.2) is 84.9 Å². The summed E-state index contributed by atoms with van der Waals surface area (Å²) in [6.07, 6.45) is 0. The van der Waals surface area contributed by atoms with Crippen LogP contribution in [0.1, 0.15) is 42.2 Å². The molecule has 0 bridgehead atoms. The summed E-state index contributed by atoms with van der Waals surface area (Å²) < 4.78 is 0. The van der Waals surface area contributed by atoms with Gasteiger partial charge in [-0.05, 0) is 48.5 Å². The van der Waals surface area contributed by atoms with Gasteiger partial charge in [0, 0.05) is 67.6 Å². The average Bonchev–Trinajstić information content (AvgIpc) is 2.91. The zero-order valence-electron chi connectivity index (χ0n) is 21.7. The summed E-state index contributed by atoms with van der Waals surface area (Å²) in [4.78, 5) is 44.7. The number of fused-ring (bicyclic) bond motifs is 2. The van der Waals surface area contributed by atoms with E-state index in [1.165, 1.54) is 0 Å². The molecule has 0 saturated heterocycles. The molecule has 0 unspecified atom stereocenters. The number of hydrogen-bond acceptors (Lipinski definition) is 6. The third kappa shape index (κ3) is 4.50. The number of rotatable bonds is 6. The molecule has 4 aromatic rings. The molecule has 1 aliphatic rings. The van der Waals surface area contributed by atoms with Crippen LogP contribution in [0, 0.1) is 0 Å². The molecule has 1 aliphatic carbocycles. The van der Waals surface area contributed by atoms with Crippen molar-refractivity contribution in [3.8, 4) is 0 Å². The minimum Gasteiger partial charge on any atom is -0.378 e. The predicted molar refractivity (Wildman–Crippen MR) is 153 cm³/mol. The van der Waals surface area contributed by atoms with Gasteiger partial charge in [0.05, 0.1) is 16.8 Å². The van der Waals surface area contributed by atoms with E-state index in [-0.39, 0.29) is 28.3 Å². The fraction of sp³-hybridized carbons (Fsp3) is 0.129. The summed E-state index contributed by atoms with van der Waals surface area (Å²) in [5.41, 5.74) is 4.89. The van der Waals surface area contributed by atoms with Gasteiger partial charge in [0.1, 0.15) is 0 Å². The van der Waals surface area contributed by atoms with Gasteiger partial charge < -0.3 is 20.4 Å². The standard InChI is InChI=1S/C31H28N4O3/c1-34(2)21-11-7-9-19(17-21)32-28-26(31(38)33-20-10-8-12-22(18-20)35(3)4)16-15-25-27(28)30(37)24-14-6-5-13-23(24)29(25)36/h5-18,32H,1-4H3,(H,33,38). The Bertz CT molecular complexity index is 1590. The predicted octanol–water partition coefficient (Wildman–Crippen LogP) is 5.59. The lowest BCUT2D eigenvalue weighted by Gasteiger charge is -2.23. The molecule has 0 fully saturated rings. The summed E-state index contributed by atoms with van der Waals surface area (Å²) in [7, 11) is 7.72. The minimum atomic E-state index is -0.394. The molecule has 4 aromatic carbocycles. The molecule has 0 spiro atoms. The van der Waals surface area contributed by atoms with Crippen LogP contribution in [0.4, 0.5) is 28.4 Å². The first-order valence-electron chi connectivity index (χ1n) is 12.2. The molecule has 0 radical (unpaired) electrons. The lowest BCUT2D eigenvalue weighted by Crippen LogP contribution is -2.24. The van der Waals surface area contributed by atoms with Crippen LogP contribution in [0.25, 0.3) is 0 Å². The number of hydrogen-bond donors (Lipinski definition) is 2. The largest absolute Gasteiger partial charge is 0.378 e. The number of ketones is 2. The number of amides is 1. The summed E-state index contributed by atoms with van der Waals surface area (Å²) >= 11 is 0. The van der Waals surface area contributed by atoms with Gasteiger partial charge in [-0.1, -0.05) is 36.4 Å². The first-order valence-corrected chi connectivity index (χ1v) is 12.2. The first-order chi connectivity index (χ1) is 18.2. The quantitative estimate of drug-likeness (QED) is 0.314. The molecule has 1 amide bonds. The van der Waals surface area contributed by atoms with Crippen molar-refractivity contribution >= 4 is 45.9 Å². The van der Waals surface area contributed by atoms with Crippen LogP contribution in [0.5, 0.6) is 0 Å². The van der Waals surface area contributed by atoms with Gasteiger partial charge in [-0.2, -0.15) is 0 Å². The molecule has 190 valence electrons. The lowest BCUT2D eigenvalue weighted by atomic mass is 9.82. The molecule has 0 aromatic heterocycles. The number of anilines is 5. The van der Waals surface area contributed by atoms with Crippen LogP contribution in [0.2, 0.25) is 0 Å². The number of nitrogens with zero attached hydrogens (tertiary/aromatic N) is 2. The second-order valence-electron chi connectivity index (χ2n) is 9.58. The van der Waals surface area contributed by atoms with Gasteiger partial charge in [-0.3, -0.25) is 14.4 Å². The summed E-state index contributed by atoms with van der Waals surface area (Å²) in [5.74, 6) is -0.939. The molecular formula is C31H28N4O3. The maximum atomic E-state index is 13.8. The third-order valence-electron chi connectivity index (χ3n) is 6.59. The van der Waals surface area contributed by atoms with E-state index in [9.17, 15) is 14.4 Å². The highest BCUT2D eigenvalue weighted by atomic mass is 16.2. The molecule has 7 heteroatoms. The van der Waals surface area contributed by atoms with Crippen molar-refractivity contribution in [1.82, 2.24) is 0 Å². The molecule has 38 heavy (non-hydrogen) atoms. The Morgan fingerprint density at radius 3 is 1.84 bits per heavy atom. The Morgan fingerprint density at radius 2 is 1.21 bits per heavy atom. The Kier molecular flexibility index (Phi) is 6.43. The molecule has 0 heterocycles. The summed E-state index contributed by atoms with van der Waals surface area (Å²) in [6.45, 7) is 0. The van der Waals surface area contributed by atoms with Crippen molar-refractivity contribution in [2.75, 3.05) is 48.6 Å². The monoisotopic (exact) mass is 504 g/mol. The average molecular weight is 505 g/mol. The Labute approximate surface area is 221 Å². The van der Waals surface area contributed by atoms with E-state index in [1.807, 2.05) is 86.5 Å². The van der Waals surface area contributed by atoms with Crippen LogP contribution in [0.3, 0.4) is 0 Å². The van der Waals surface area contributed by atoms with Crippen LogP contribution < -0.4 is 20.4 Å². The van der Waals surface area contributed by atoms with Crippen LogP contribution >= 0.6 is 0 Å². The number of carbonyl (C=O) groups excluding carboxylic acids is 3. The third-order valence-corrected chi connectivity index (χ3v) is 6.59. The van der Waals surface area contributed by atoms with Gasteiger partial charge in [0.25, 0.3) is 5.91 Å². The highest BCUT2D eigenvalue weighted by Crippen LogP contribution is 2.36. The van der Waals surface area contributed by atoms with E-state index in [2.05, 4.69) is 10.6 Å². The molecule has 7 nitrogen and oxygen atoms in total. The van der Waals surface area contributed by atoms with E-state index in [4.69, 9.17) is 0 Å². The SMILES string of the molecule is CN(C)c1cccc(NC(=O)c2ccc3c(c2Nc2cccc(N(C)C)c2)C(=O)c2ccccc2C3=O)c1. The number of carbonyl (C=O) groups is 3. The van der Waals surface area contributed by atoms with E-state index in [0.717, 1.165) is 11.4 Å². The lowest BCUT2D eigenvalue weighted by molar-refractivity contribution is 0.0978. The van der Waals surface area contributed by atoms with E-state index < -0.39 is 5.91 Å². The molecular weight excluding hydrogens is 476 g/mol. The van der Waals surface area contributed by atoms with Crippen LogP contribution in [-0.2, 0) is 0 Å². The van der Waals surface area contributed by atoms with Gasteiger partial charge >= 0.3 is 0 Å². The van der Waals surface area contributed by atoms with Crippen molar-refractivity contribution in [3.05, 3.63) is 113 Å². The molecule has 0 saturated carbocycles. The van der Waals surface area contributed by atoms with Crippen molar-refractivity contribution in [1.29, 1.82) is 0 Å². The van der Waals surface area contributed by atoms with Crippen molar-refractivity contribution in [2.24, 2.45) is 0 Å². The van der Waals surface area contributed by atoms with E-state index in [1.54, 1.807) is 36.4 Å². The fourth-order valence-corrected chi connectivity index (χ4v) is 4.57. The summed E-state index contributed by atoms with van der Waals surface area (Å²) in [5, 5.41) is 6.26. The second-order valence-corrected chi connectivity index (χ2v) is 9.58. The molecule has 0 aliphatic heterocycles. The van der Waals surface area contributed by atoms with Crippen LogP contribution in [-0.4, -0.2) is 45.7 Å². The second kappa shape index (κ2) is 9.86. The van der Waals surface area contributed by atoms with Gasteiger partial charge in [-0.15, -0.1) is 0 Å². The highest BCUT2D eigenvalue weighted by Gasteiger charge is 2.33. The maximum absolute atomic E-state index is 13.8. The van der Waals surface area contributed by atoms with Crippen molar-refractivity contribution in [2.45, 2.75) is 0 Å². The molecule has 2 N–H and O–H groups in total. The smallest absolute Gasteiger partial charge is 0.257 e. The number of nitrogens with one attached hydrogen (secondary N) is 2. The Balaban J connectivity index is 1.64. The van der Waals surface area contributed by atoms with E-state index in [0.29, 0.717) is 28.2 Å². The normalized spacial score (nSPS) is 11.9. The van der Waals surface area contributed by atoms with Crippen molar-refractivity contribution < 1.29 is 14.4 Å². The minimum absolute atomic E-state index is 0.193.